The van der Waals surface area contributed by atoms with Crippen molar-refractivity contribution in [3.63, 3.8) is 0 Å². The van der Waals surface area contributed by atoms with E-state index in [4.69, 9.17) is 16.7 Å². The van der Waals surface area contributed by atoms with Crippen LogP contribution in [0.3, 0.4) is 0 Å². The lowest BCUT2D eigenvalue weighted by molar-refractivity contribution is -0.140. The van der Waals surface area contributed by atoms with E-state index in [9.17, 15) is 9.18 Å². The molecule has 0 unspecified atom stereocenters. The van der Waals surface area contributed by atoms with Crippen molar-refractivity contribution in [3.8, 4) is 0 Å². The Morgan fingerprint density at radius 1 is 1.50 bits per heavy atom. The van der Waals surface area contributed by atoms with Gasteiger partial charge in [0.1, 0.15) is 11.9 Å². The quantitative estimate of drug-likeness (QED) is 0.837. The van der Waals surface area contributed by atoms with Crippen LogP contribution in [0.15, 0.2) is 18.2 Å². The maximum Gasteiger partial charge on any atom is 0.320 e. The number of carbonyl (C=O) groups is 1. The van der Waals surface area contributed by atoms with E-state index < -0.39 is 17.8 Å². The van der Waals surface area contributed by atoms with E-state index in [2.05, 4.69) is 5.32 Å². The molecule has 0 radical (unpaired) electrons. The van der Waals surface area contributed by atoms with Crippen molar-refractivity contribution in [2.75, 3.05) is 0 Å². The van der Waals surface area contributed by atoms with Crippen LogP contribution in [0, 0.1) is 11.7 Å². The number of carboxylic acids is 1. The van der Waals surface area contributed by atoms with Gasteiger partial charge in [-0.25, -0.2) is 4.39 Å². The van der Waals surface area contributed by atoms with Crippen molar-refractivity contribution < 1.29 is 14.3 Å². The van der Waals surface area contributed by atoms with Gasteiger partial charge in [-0.05, 0) is 30.0 Å². The van der Waals surface area contributed by atoms with Gasteiger partial charge in [-0.2, -0.15) is 0 Å². The molecule has 0 aliphatic rings. The highest BCUT2D eigenvalue weighted by atomic mass is 35.5. The van der Waals surface area contributed by atoms with Gasteiger partial charge in [-0.15, -0.1) is 0 Å². The third-order valence-corrected chi connectivity index (χ3v) is 2.83. The molecule has 2 N–H and O–H groups in total. The summed E-state index contributed by atoms with van der Waals surface area (Å²) in [7, 11) is 0. The SMILES string of the molecule is CC(C)C[C@H](NCc1ccc(F)c(Cl)c1)C(=O)O. The topological polar surface area (TPSA) is 49.3 Å². The Morgan fingerprint density at radius 2 is 2.17 bits per heavy atom. The molecule has 0 heterocycles. The average molecular weight is 274 g/mol. The Hall–Kier alpha value is -1.13. The van der Waals surface area contributed by atoms with Gasteiger partial charge in [-0.3, -0.25) is 4.79 Å². The second-order valence-electron chi connectivity index (χ2n) is 4.65. The highest BCUT2D eigenvalue weighted by Crippen LogP contribution is 2.16. The monoisotopic (exact) mass is 273 g/mol. The second-order valence-corrected chi connectivity index (χ2v) is 5.06. The summed E-state index contributed by atoms with van der Waals surface area (Å²) < 4.78 is 13.0. The number of aliphatic carboxylic acids is 1. The third-order valence-electron chi connectivity index (χ3n) is 2.54. The van der Waals surface area contributed by atoms with Crippen LogP contribution in [0.5, 0.6) is 0 Å². The van der Waals surface area contributed by atoms with Crippen molar-refractivity contribution in [2.45, 2.75) is 32.9 Å². The molecule has 0 spiro atoms. The van der Waals surface area contributed by atoms with E-state index in [1.807, 2.05) is 13.8 Å². The summed E-state index contributed by atoms with van der Waals surface area (Å²) in [6, 6.07) is 3.76. The predicted molar refractivity (Wildman–Crippen MR) is 69.1 cm³/mol. The number of nitrogens with one attached hydrogen (secondary N) is 1. The summed E-state index contributed by atoms with van der Waals surface area (Å²) in [4.78, 5) is 11.0. The Bertz CT molecular complexity index is 423. The van der Waals surface area contributed by atoms with Gasteiger partial charge < -0.3 is 10.4 Å². The van der Waals surface area contributed by atoms with Crippen molar-refractivity contribution in [2.24, 2.45) is 5.92 Å². The average Bonchev–Trinajstić information content (AvgIpc) is 2.28. The zero-order valence-electron chi connectivity index (χ0n) is 10.4. The van der Waals surface area contributed by atoms with Crippen LogP contribution in [-0.4, -0.2) is 17.1 Å². The minimum Gasteiger partial charge on any atom is -0.480 e. The van der Waals surface area contributed by atoms with Crippen LogP contribution in [0.2, 0.25) is 5.02 Å². The van der Waals surface area contributed by atoms with Crippen LogP contribution in [0.1, 0.15) is 25.8 Å². The summed E-state index contributed by atoms with van der Waals surface area (Å²) >= 11 is 5.66. The molecule has 0 saturated heterocycles. The first kappa shape index (κ1) is 14.9. The van der Waals surface area contributed by atoms with Gasteiger partial charge in [0.15, 0.2) is 0 Å². The van der Waals surface area contributed by atoms with Crippen LogP contribution in [-0.2, 0) is 11.3 Å². The van der Waals surface area contributed by atoms with Crippen molar-refractivity contribution in [1.82, 2.24) is 5.32 Å². The minimum absolute atomic E-state index is 0.0463. The maximum absolute atomic E-state index is 13.0. The van der Waals surface area contributed by atoms with E-state index in [1.165, 1.54) is 12.1 Å². The summed E-state index contributed by atoms with van der Waals surface area (Å²) in [5, 5.41) is 12.0. The molecule has 0 aliphatic carbocycles. The lowest BCUT2D eigenvalue weighted by atomic mass is 10.0. The minimum atomic E-state index is -0.878. The van der Waals surface area contributed by atoms with Gasteiger partial charge in [-0.1, -0.05) is 31.5 Å². The molecule has 1 aromatic rings. The molecule has 3 nitrogen and oxygen atoms in total. The fourth-order valence-corrected chi connectivity index (χ4v) is 1.84. The van der Waals surface area contributed by atoms with Gasteiger partial charge in [0.05, 0.1) is 5.02 Å². The lowest BCUT2D eigenvalue weighted by Crippen LogP contribution is -2.37. The first-order valence-electron chi connectivity index (χ1n) is 5.80. The molecule has 5 heteroatoms. The number of benzene rings is 1. The first-order valence-corrected chi connectivity index (χ1v) is 6.18. The van der Waals surface area contributed by atoms with E-state index in [0.29, 0.717) is 13.0 Å². The molecule has 1 atom stereocenters. The fraction of sp³-hybridized carbons (Fsp3) is 0.462. The second kappa shape index (κ2) is 6.71. The van der Waals surface area contributed by atoms with Crippen LogP contribution in [0.4, 0.5) is 4.39 Å². The predicted octanol–water partition coefficient (Wildman–Crippen LogP) is 3.07. The molecule has 0 amide bonds. The Balaban J connectivity index is 2.61. The van der Waals surface area contributed by atoms with Gasteiger partial charge in [0.2, 0.25) is 0 Å². The molecule has 18 heavy (non-hydrogen) atoms. The summed E-state index contributed by atoms with van der Waals surface area (Å²) in [5.74, 6) is -1.07. The number of rotatable bonds is 6. The smallest absolute Gasteiger partial charge is 0.320 e. The van der Waals surface area contributed by atoms with Gasteiger partial charge >= 0.3 is 5.97 Å². The summed E-state index contributed by atoms with van der Waals surface area (Å²) in [6.07, 6.45) is 0.546. The largest absolute Gasteiger partial charge is 0.480 e. The summed E-state index contributed by atoms with van der Waals surface area (Å²) in [6.45, 7) is 4.28. The van der Waals surface area contributed by atoms with Crippen molar-refractivity contribution in [1.29, 1.82) is 0 Å². The summed E-state index contributed by atoms with van der Waals surface area (Å²) in [5.41, 5.74) is 0.761. The van der Waals surface area contributed by atoms with Gasteiger partial charge in [0.25, 0.3) is 0 Å². The van der Waals surface area contributed by atoms with Crippen molar-refractivity contribution >= 4 is 17.6 Å². The standard InChI is InChI=1S/C13H17ClFNO2/c1-8(2)5-12(13(17)18)16-7-9-3-4-11(15)10(14)6-9/h3-4,6,8,12,16H,5,7H2,1-2H3,(H,17,18)/t12-/m0/s1. The molecule has 0 aliphatic heterocycles. The van der Waals surface area contributed by atoms with E-state index in [0.717, 1.165) is 5.56 Å². The molecule has 0 bridgehead atoms. The number of carboxylic acid groups (broad SMARTS) is 1. The fourth-order valence-electron chi connectivity index (χ4n) is 1.63. The lowest BCUT2D eigenvalue weighted by Gasteiger charge is -2.16. The first-order chi connectivity index (χ1) is 8.40. The zero-order chi connectivity index (χ0) is 13.7. The third kappa shape index (κ3) is 4.63. The number of hydrogen-bond acceptors (Lipinski definition) is 2. The highest BCUT2D eigenvalue weighted by molar-refractivity contribution is 6.30. The molecule has 0 saturated carbocycles. The highest BCUT2D eigenvalue weighted by Gasteiger charge is 2.18. The number of halogens is 2. The maximum atomic E-state index is 13.0. The molecule has 100 valence electrons. The Morgan fingerprint density at radius 3 is 2.67 bits per heavy atom. The van der Waals surface area contributed by atoms with Gasteiger partial charge in [0, 0.05) is 6.54 Å². The molecule has 0 fully saturated rings. The zero-order valence-corrected chi connectivity index (χ0v) is 11.2. The molecule has 1 aromatic carbocycles. The van der Waals surface area contributed by atoms with Crippen LogP contribution >= 0.6 is 11.6 Å². The van der Waals surface area contributed by atoms with E-state index in [1.54, 1.807) is 6.07 Å². The Labute approximate surface area is 111 Å². The number of hydrogen-bond donors (Lipinski definition) is 2. The van der Waals surface area contributed by atoms with E-state index >= 15 is 0 Å². The van der Waals surface area contributed by atoms with E-state index in [-0.39, 0.29) is 10.9 Å². The van der Waals surface area contributed by atoms with Crippen LogP contribution in [0.25, 0.3) is 0 Å². The van der Waals surface area contributed by atoms with Crippen LogP contribution < -0.4 is 5.32 Å². The molecule has 1 rings (SSSR count). The molecule has 0 aromatic heterocycles. The van der Waals surface area contributed by atoms with Crippen molar-refractivity contribution in [3.05, 3.63) is 34.6 Å². The normalized spacial score (nSPS) is 12.7. The Kier molecular flexibility index (Phi) is 5.56. The molecular formula is C13H17ClFNO2. The molecular weight excluding hydrogens is 257 g/mol.